The van der Waals surface area contributed by atoms with Crippen molar-refractivity contribution < 1.29 is 19.1 Å². The third kappa shape index (κ3) is 2.54. The van der Waals surface area contributed by atoms with Crippen LogP contribution in [0.3, 0.4) is 0 Å². The monoisotopic (exact) mass is 492 g/mol. The van der Waals surface area contributed by atoms with E-state index in [1.54, 1.807) is 13.3 Å². The van der Waals surface area contributed by atoms with Crippen molar-refractivity contribution in [2.24, 2.45) is 40.6 Å². The smallest absolute Gasteiger partial charge is 0.254 e. The number of allylic oxidation sites excluding steroid dienone is 2. The van der Waals surface area contributed by atoms with Crippen LogP contribution in [0.2, 0.25) is 0 Å². The molecule has 146 valence electrons. The van der Waals surface area contributed by atoms with Crippen LogP contribution in [0.4, 0.5) is 0 Å². The third-order valence-corrected chi connectivity index (χ3v) is 7.30. The molecule has 1 aromatic rings. The quantitative estimate of drug-likeness (QED) is 0.274. The minimum absolute atomic E-state index is 0.149. The maximum Gasteiger partial charge on any atom is 0.254 e. The fourth-order valence-corrected chi connectivity index (χ4v) is 6.15. The van der Waals surface area contributed by atoms with Crippen LogP contribution in [0, 0.1) is 39.1 Å². The van der Waals surface area contributed by atoms with Crippen molar-refractivity contribution in [3.05, 3.63) is 33.4 Å². The highest BCUT2D eigenvalue weighted by atomic mass is 127. The number of amides is 2. The summed E-state index contributed by atoms with van der Waals surface area (Å²) in [6.45, 7) is 2.42. The van der Waals surface area contributed by atoms with Gasteiger partial charge < -0.3 is 9.47 Å². The van der Waals surface area contributed by atoms with Gasteiger partial charge in [0.15, 0.2) is 11.5 Å². The highest BCUT2D eigenvalue weighted by Crippen LogP contribution is 2.65. The number of ether oxygens (including phenoxy) is 2. The van der Waals surface area contributed by atoms with E-state index in [0.29, 0.717) is 29.9 Å². The van der Waals surface area contributed by atoms with E-state index in [9.17, 15) is 9.59 Å². The molecule has 6 atom stereocenters. The van der Waals surface area contributed by atoms with E-state index in [0.717, 1.165) is 20.6 Å². The molecular weight excluding hydrogens is 471 g/mol. The number of hydrogen-bond acceptors (Lipinski definition) is 5. The molecule has 0 N–H and O–H groups in total. The average Bonchev–Trinajstić information content (AvgIpc) is 3.46. The van der Waals surface area contributed by atoms with Crippen LogP contribution < -0.4 is 9.47 Å². The fourth-order valence-electron chi connectivity index (χ4n) is 5.30. The largest absolute Gasteiger partial charge is 0.492 e. The number of hydrogen-bond donors (Lipinski definition) is 0. The molecule has 6 nitrogen and oxygen atoms in total. The molecule has 2 bridgehead atoms. The van der Waals surface area contributed by atoms with Crippen molar-refractivity contribution in [3.63, 3.8) is 0 Å². The van der Waals surface area contributed by atoms with Gasteiger partial charge in [0, 0.05) is 0 Å². The van der Waals surface area contributed by atoms with Gasteiger partial charge in [0.1, 0.15) is 0 Å². The molecule has 4 aliphatic carbocycles. The summed E-state index contributed by atoms with van der Waals surface area (Å²) in [4.78, 5) is 25.9. The second-order valence-electron chi connectivity index (χ2n) is 7.85. The molecule has 0 spiro atoms. The molecule has 1 aliphatic heterocycles. The summed E-state index contributed by atoms with van der Waals surface area (Å²) in [6.07, 6.45) is 7.05. The first-order chi connectivity index (χ1) is 13.5. The van der Waals surface area contributed by atoms with Crippen LogP contribution in [0.25, 0.3) is 0 Å². The lowest BCUT2D eigenvalue weighted by molar-refractivity contribution is -0.140. The van der Waals surface area contributed by atoms with Crippen molar-refractivity contribution >= 4 is 40.6 Å². The normalized spacial score (nSPS) is 34.8. The van der Waals surface area contributed by atoms with E-state index in [4.69, 9.17) is 9.47 Å². The zero-order valence-electron chi connectivity index (χ0n) is 15.7. The fraction of sp³-hybridized carbons (Fsp3) is 0.476. The van der Waals surface area contributed by atoms with Crippen molar-refractivity contribution in [1.29, 1.82) is 0 Å². The van der Waals surface area contributed by atoms with Crippen LogP contribution in [-0.4, -0.2) is 36.8 Å². The SMILES string of the molecule is CCOc1cc(/C=N\N2C(=O)[C@@H]3[C@H]4C=C[C@@H]([C@@H]5C[C@@H]45)[C@H]3C2=O)cc(I)c1OC. The number of rotatable bonds is 5. The summed E-state index contributed by atoms with van der Waals surface area (Å²) in [7, 11) is 1.60. The van der Waals surface area contributed by atoms with Gasteiger partial charge in [-0.05, 0) is 77.3 Å². The van der Waals surface area contributed by atoms with Crippen LogP contribution >= 0.6 is 22.6 Å². The average molecular weight is 492 g/mol. The molecule has 7 heteroatoms. The van der Waals surface area contributed by atoms with E-state index >= 15 is 0 Å². The summed E-state index contributed by atoms with van der Waals surface area (Å²) in [6, 6.07) is 3.70. The maximum atomic E-state index is 13.0. The number of methoxy groups -OCH3 is 1. The highest BCUT2D eigenvalue weighted by molar-refractivity contribution is 14.1. The summed E-state index contributed by atoms with van der Waals surface area (Å²) >= 11 is 2.17. The first-order valence-electron chi connectivity index (χ1n) is 9.65. The summed E-state index contributed by atoms with van der Waals surface area (Å²) < 4.78 is 11.9. The number of halogens is 1. The molecule has 6 rings (SSSR count). The Hall–Kier alpha value is -1.90. The van der Waals surface area contributed by atoms with Crippen LogP contribution in [-0.2, 0) is 9.59 Å². The number of hydrazone groups is 1. The van der Waals surface area contributed by atoms with Crippen molar-refractivity contribution in [2.75, 3.05) is 13.7 Å². The van der Waals surface area contributed by atoms with Gasteiger partial charge in [-0.25, -0.2) is 0 Å². The standard InChI is InChI=1S/C21H21IN2O4/c1-3-28-16-7-10(6-15(22)19(16)27-2)9-23-24-20(25)17-11-4-5-12(14-8-13(11)14)18(17)21(24)26/h4-7,9,11-14,17-18H,3,8H2,1-2H3/b23-9-/t11-,12-,13-,14-,17+,18+/m0/s1. The van der Waals surface area contributed by atoms with E-state index in [1.807, 2.05) is 19.1 Å². The lowest BCUT2D eigenvalue weighted by Crippen LogP contribution is -2.40. The zero-order chi connectivity index (χ0) is 19.6. The topological polar surface area (TPSA) is 68.2 Å². The zero-order valence-corrected chi connectivity index (χ0v) is 17.8. The predicted octanol–water partition coefficient (Wildman–Crippen LogP) is 3.09. The van der Waals surface area contributed by atoms with E-state index < -0.39 is 0 Å². The summed E-state index contributed by atoms with van der Waals surface area (Å²) in [5.41, 5.74) is 0.757. The Morgan fingerprint density at radius 1 is 1.18 bits per heavy atom. The van der Waals surface area contributed by atoms with Gasteiger partial charge in [0.05, 0.1) is 35.3 Å². The minimum Gasteiger partial charge on any atom is -0.492 e. The number of imide groups is 1. The Balaban J connectivity index is 1.42. The molecule has 1 aromatic carbocycles. The van der Waals surface area contributed by atoms with Crippen LogP contribution in [0.5, 0.6) is 11.5 Å². The summed E-state index contributed by atoms with van der Waals surface area (Å²) in [5.74, 6) is 2.15. The molecule has 0 radical (unpaired) electrons. The molecule has 5 aliphatic rings. The molecule has 0 aromatic heterocycles. The Bertz CT molecular complexity index is 891. The Morgan fingerprint density at radius 2 is 1.82 bits per heavy atom. The van der Waals surface area contributed by atoms with Gasteiger partial charge in [-0.3, -0.25) is 9.59 Å². The van der Waals surface area contributed by atoms with Gasteiger partial charge in [0.2, 0.25) is 0 Å². The molecule has 1 heterocycles. The molecule has 1 saturated heterocycles. The number of nitrogens with zero attached hydrogens (tertiary/aromatic N) is 2. The van der Waals surface area contributed by atoms with Gasteiger partial charge in [-0.1, -0.05) is 12.2 Å². The Kier molecular flexibility index (Phi) is 4.26. The predicted molar refractivity (Wildman–Crippen MR) is 111 cm³/mol. The number of benzene rings is 1. The van der Waals surface area contributed by atoms with Crippen molar-refractivity contribution in [2.45, 2.75) is 13.3 Å². The van der Waals surface area contributed by atoms with Crippen molar-refractivity contribution in [1.82, 2.24) is 5.01 Å². The third-order valence-electron chi connectivity index (χ3n) is 6.50. The Morgan fingerprint density at radius 3 is 2.39 bits per heavy atom. The maximum absolute atomic E-state index is 13.0. The second-order valence-corrected chi connectivity index (χ2v) is 9.02. The first-order valence-corrected chi connectivity index (χ1v) is 10.7. The first kappa shape index (κ1) is 18.1. The molecule has 2 amide bonds. The van der Waals surface area contributed by atoms with E-state index in [-0.39, 0.29) is 35.5 Å². The van der Waals surface area contributed by atoms with E-state index in [2.05, 4.69) is 39.8 Å². The Labute approximate surface area is 177 Å². The van der Waals surface area contributed by atoms with Crippen molar-refractivity contribution in [3.8, 4) is 11.5 Å². The molecule has 28 heavy (non-hydrogen) atoms. The lowest BCUT2D eigenvalue weighted by Gasteiger charge is -2.37. The number of carbonyl (C=O) groups excluding carboxylic acids is 2. The highest BCUT2D eigenvalue weighted by Gasteiger charge is 2.67. The molecule has 3 fully saturated rings. The van der Waals surface area contributed by atoms with Gasteiger partial charge in [-0.15, -0.1) is 0 Å². The molecular formula is C21H21IN2O4. The number of carbonyl (C=O) groups is 2. The van der Waals surface area contributed by atoms with E-state index in [1.165, 1.54) is 0 Å². The van der Waals surface area contributed by atoms with Crippen LogP contribution in [0.15, 0.2) is 29.4 Å². The molecule has 2 saturated carbocycles. The van der Waals surface area contributed by atoms with Gasteiger partial charge in [0.25, 0.3) is 11.8 Å². The lowest BCUT2D eigenvalue weighted by atomic mass is 9.63. The minimum atomic E-state index is -0.224. The van der Waals surface area contributed by atoms with Gasteiger partial charge in [-0.2, -0.15) is 10.1 Å². The summed E-state index contributed by atoms with van der Waals surface area (Å²) in [5, 5.41) is 5.40. The van der Waals surface area contributed by atoms with Crippen LogP contribution in [0.1, 0.15) is 18.9 Å². The second kappa shape index (κ2) is 6.57. The van der Waals surface area contributed by atoms with Gasteiger partial charge >= 0.3 is 0 Å². The molecule has 0 unspecified atom stereocenters.